The number of carbonyl (C=O) groups is 1. The zero-order valence-electron chi connectivity index (χ0n) is 23.9. The van der Waals surface area contributed by atoms with Crippen LogP contribution >= 0.6 is 0 Å². The van der Waals surface area contributed by atoms with Gasteiger partial charge in [-0.1, -0.05) is 25.5 Å². The molecule has 2 aromatic rings. The van der Waals surface area contributed by atoms with Crippen molar-refractivity contribution in [3.8, 4) is 23.0 Å². The van der Waals surface area contributed by atoms with Gasteiger partial charge in [-0.3, -0.25) is 4.79 Å². The van der Waals surface area contributed by atoms with Crippen molar-refractivity contribution in [1.82, 2.24) is 15.5 Å². The third-order valence-electron chi connectivity index (χ3n) is 6.72. The summed E-state index contributed by atoms with van der Waals surface area (Å²) < 4.78 is 17.1. The topological polar surface area (TPSA) is 113 Å². The minimum Gasteiger partial charge on any atom is -0.507 e. The molecule has 2 aromatic carbocycles. The Morgan fingerprint density at radius 1 is 0.950 bits per heavy atom. The van der Waals surface area contributed by atoms with Crippen molar-refractivity contribution in [1.29, 1.82) is 0 Å². The highest BCUT2D eigenvalue weighted by molar-refractivity contribution is 5.97. The van der Waals surface area contributed by atoms with Gasteiger partial charge in [-0.05, 0) is 81.9 Å². The molecule has 0 aromatic heterocycles. The van der Waals surface area contributed by atoms with Crippen molar-refractivity contribution < 1.29 is 29.2 Å². The summed E-state index contributed by atoms with van der Waals surface area (Å²) in [4.78, 5) is 14.5. The van der Waals surface area contributed by atoms with E-state index in [1.165, 1.54) is 38.4 Å². The molecule has 2 saturated heterocycles. The summed E-state index contributed by atoms with van der Waals surface area (Å²) in [7, 11) is 0. The highest BCUT2D eigenvalue weighted by Gasteiger charge is 2.21. The van der Waals surface area contributed by atoms with E-state index in [0.717, 1.165) is 38.8 Å². The van der Waals surface area contributed by atoms with Crippen LogP contribution in [0, 0.1) is 0 Å². The molecule has 0 radical (unpaired) electrons. The van der Waals surface area contributed by atoms with Crippen LogP contribution in [0.15, 0.2) is 42.5 Å². The fourth-order valence-corrected chi connectivity index (χ4v) is 4.50. The molecule has 0 spiro atoms. The van der Waals surface area contributed by atoms with Gasteiger partial charge in [-0.15, -0.1) is 0 Å². The number of nitrogens with zero attached hydrogens (tertiary/aromatic N) is 1. The molecule has 0 saturated carbocycles. The van der Waals surface area contributed by atoms with Crippen LogP contribution in [0.3, 0.4) is 0 Å². The van der Waals surface area contributed by atoms with E-state index >= 15 is 0 Å². The van der Waals surface area contributed by atoms with Crippen LogP contribution in [0.1, 0.15) is 62.2 Å². The number of aliphatic hydroxyl groups excluding tert-OH is 1. The number of rotatable bonds is 13. The van der Waals surface area contributed by atoms with Crippen LogP contribution in [-0.2, 0) is 0 Å². The van der Waals surface area contributed by atoms with Crippen LogP contribution in [-0.4, -0.2) is 86.2 Å². The number of likely N-dealkylation sites (tertiary alicyclic amines) is 1. The Morgan fingerprint density at radius 3 is 2.30 bits per heavy atom. The van der Waals surface area contributed by atoms with Crippen molar-refractivity contribution in [3.63, 3.8) is 0 Å². The number of ether oxygens (including phenoxy) is 3. The monoisotopic (exact) mass is 557 g/mol. The molecule has 1 unspecified atom stereocenters. The number of aliphatic hydroxyl groups is 1. The zero-order chi connectivity index (χ0) is 28.4. The van der Waals surface area contributed by atoms with Crippen LogP contribution < -0.4 is 24.8 Å². The normalized spacial score (nSPS) is 15.9. The van der Waals surface area contributed by atoms with Crippen LogP contribution in [0.25, 0.3) is 0 Å². The first kappa shape index (κ1) is 31.5. The molecular formula is C31H47N3O6. The maximum Gasteiger partial charge on any atom is 0.257 e. The summed E-state index contributed by atoms with van der Waals surface area (Å²) in [5, 5.41) is 26.8. The van der Waals surface area contributed by atoms with E-state index < -0.39 is 6.10 Å². The fraction of sp³-hybridized carbons (Fsp3) is 0.581. The number of nitrogens with one attached hydrogen (secondary N) is 2. The van der Waals surface area contributed by atoms with Gasteiger partial charge in [0.25, 0.3) is 5.91 Å². The standard InChI is InChI=1S/C26H36N2O6.C5H11N/c1-2-15-33-24-8-4-5-9-25(24)34-19-20(29)18-27-12-16-32-21-10-11-23(30)22(17-21)26(31)28-13-6-3-7-14-28;1-2-4-6-5-3-1/h4-5,8-11,17,20,27,29-30H,2-3,6-7,12-16,18-19H2,1H3;6H,1-5H2. The fourth-order valence-electron chi connectivity index (χ4n) is 4.50. The highest BCUT2D eigenvalue weighted by atomic mass is 16.5. The number of hydrogen-bond donors (Lipinski definition) is 4. The largest absolute Gasteiger partial charge is 0.507 e. The molecule has 222 valence electrons. The molecule has 4 N–H and O–H groups in total. The molecule has 2 aliphatic heterocycles. The molecule has 0 bridgehead atoms. The van der Waals surface area contributed by atoms with Crippen molar-refractivity contribution >= 4 is 5.91 Å². The van der Waals surface area contributed by atoms with E-state index in [9.17, 15) is 15.0 Å². The van der Waals surface area contributed by atoms with Crippen molar-refractivity contribution in [2.45, 2.75) is 58.0 Å². The van der Waals surface area contributed by atoms with E-state index in [1.807, 2.05) is 31.2 Å². The lowest BCUT2D eigenvalue weighted by Gasteiger charge is -2.27. The molecule has 0 aliphatic carbocycles. The maximum absolute atomic E-state index is 12.7. The predicted octanol–water partition coefficient (Wildman–Crippen LogP) is 3.98. The second-order valence-electron chi connectivity index (χ2n) is 10.2. The number of phenolic OH excluding ortho intramolecular Hbond substituents is 1. The highest BCUT2D eigenvalue weighted by Crippen LogP contribution is 2.27. The average Bonchev–Trinajstić information content (AvgIpc) is 3.01. The lowest BCUT2D eigenvalue weighted by atomic mass is 10.1. The van der Waals surface area contributed by atoms with Gasteiger partial charge in [-0.2, -0.15) is 0 Å². The molecular weight excluding hydrogens is 510 g/mol. The number of carbonyl (C=O) groups excluding carboxylic acids is 1. The number of phenols is 1. The molecule has 2 aliphatic rings. The first-order chi connectivity index (χ1) is 19.6. The summed E-state index contributed by atoms with van der Waals surface area (Å²) in [6, 6.07) is 12.1. The minimum absolute atomic E-state index is 0.0363. The Morgan fingerprint density at radius 2 is 1.65 bits per heavy atom. The quantitative estimate of drug-likeness (QED) is 0.274. The summed E-state index contributed by atoms with van der Waals surface area (Å²) in [6.45, 7) is 7.92. The molecule has 1 amide bonds. The van der Waals surface area contributed by atoms with Crippen molar-refractivity contribution in [2.75, 3.05) is 59.1 Å². The van der Waals surface area contributed by atoms with Crippen LogP contribution in [0.2, 0.25) is 0 Å². The molecule has 4 rings (SSSR count). The molecule has 9 heteroatoms. The zero-order valence-corrected chi connectivity index (χ0v) is 23.9. The Balaban J connectivity index is 0.000000649. The van der Waals surface area contributed by atoms with Crippen molar-refractivity contribution in [3.05, 3.63) is 48.0 Å². The van der Waals surface area contributed by atoms with Gasteiger partial charge in [-0.25, -0.2) is 0 Å². The lowest BCUT2D eigenvalue weighted by molar-refractivity contribution is 0.0720. The van der Waals surface area contributed by atoms with Gasteiger partial charge in [0.05, 0.1) is 12.2 Å². The van der Waals surface area contributed by atoms with E-state index in [2.05, 4.69) is 10.6 Å². The second kappa shape index (κ2) is 18.4. The molecule has 1 atom stereocenters. The van der Waals surface area contributed by atoms with Crippen LogP contribution in [0.4, 0.5) is 0 Å². The third kappa shape index (κ3) is 11.2. The van der Waals surface area contributed by atoms with Gasteiger partial charge in [0, 0.05) is 26.2 Å². The summed E-state index contributed by atoms with van der Waals surface area (Å²) in [5.74, 6) is 1.61. The number of piperidine rings is 2. The van der Waals surface area contributed by atoms with Gasteiger partial charge in [0.1, 0.15) is 30.8 Å². The number of hydrogen-bond acceptors (Lipinski definition) is 8. The van der Waals surface area contributed by atoms with E-state index in [0.29, 0.717) is 43.6 Å². The summed E-state index contributed by atoms with van der Waals surface area (Å²) >= 11 is 0. The smallest absolute Gasteiger partial charge is 0.257 e. The second-order valence-corrected chi connectivity index (χ2v) is 10.2. The Labute approximate surface area is 238 Å². The summed E-state index contributed by atoms with van der Waals surface area (Å²) in [5.41, 5.74) is 0.267. The molecule has 9 nitrogen and oxygen atoms in total. The first-order valence-corrected chi connectivity index (χ1v) is 14.8. The van der Waals surface area contributed by atoms with Gasteiger partial charge >= 0.3 is 0 Å². The minimum atomic E-state index is -0.693. The summed E-state index contributed by atoms with van der Waals surface area (Å²) in [6.07, 6.45) is 7.54. The van der Waals surface area contributed by atoms with E-state index in [4.69, 9.17) is 14.2 Å². The number of amides is 1. The Bertz CT molecular complexity index is 983. The maximum atomic E-state index is 12.7. The third-order valence-corrected chi connectivity index (χ3v) is 6.72. The molecule has 2 fully saturated rings. The number of para-hydroxylation sites is 2. The number of benzene rings is 2. The van der Waals surface area contributed by atoms with Gasteiger partial charge in [0.2, 0.25) is 0 Å². The molecule has 2 heterocycles. The lowest BCUT2D eigenvalue weighted by Crippen LogP contribution is -2.35. The van der Waals surface area contributed by atoms with Gasteiger partial charge < -0.3 is 40.0 Å². The van der Waals surface area contributed by atoms with Crippen molar-refractivity contribution in [2.24, 2.45) is 0 Å². The van der Waals surface area contributed by atoms with Crippen LogP contribution in [0.5, 0.6) is 23.0 Å². The Kier molecular flexibility index (Phi) is 14.5. The Hall–Kier alpha value is -3.01. The van der Waals surface area contributed by atoms with E-state index in [1.54, 1.807) is 17.0 Å². The van der Waals surface area contributed by atoms with E-state index in [-0.39, 0.29) is 23.8 Å². The van der Waals surface area contributed by atoms with Gasteiger partial charge in [0.15, 0.2) is 11.5 Å². The first-order valence-electron chi connectivity index (χ1n) is 14.8. The predicted molar refractivity (Wildman–Crippen MR) is 157 cm³/mol. The number of aromatic hydroxyl groups is 1. The molecule has 40 heavy (non-hydrogen) atoms. The average molecular weight is 558 g/mol. The SMILES string of the molecule is C1CCNCC1.CCCOc1ccccc1OCC(O)CNCCOc1ccc(O)c(C(=O)N2CCCCC2)c1.